The largest absolute Gasteiger partial charge is 0.455 e. The van der Waals surface area contributed by atoms with Crippen LogP contribution in [0, 0.1) is 17.9 Å². The van der Waals surface area contributed by atoms with Gasteiger partial charge in [0.05, 0.1) is 24.9 Å². The Labute approximate surface area is 158 Å². The molecule has 2 aromatic rings. The van der Waals surface area contributed by atoms with E-state index >= 15 is 0 Å². The molecule has 1 aromatic carbocycles. The van der Waals surface area contributed by atoms with E-state index in [4.69, 9.17) is 21.7 Å². The normalized spacial score (nSPS) is 11.0. The van der Waals surface area contributed by atoms with Gasteiger partial charge in [0.2, 0.25) is 0 Å². The SMILES string of the molecule is [C-]#[N+]c1cc(C#N)cc(Oc2c(CC)nn(CCNS(N)(=O)=O)c2CC)c1. The Morgan fingerprint density at radius 1 is 1.37 bits per heavy atom. The van der Waals surface area contributed by atoms with E-state index in [0.29, 0.717) is 47.8 Å². The molecule has 2 rings (SSSR count). The molecule has 9 nitrogen and oxygen atoms in total. The van der Waals surface area contributed by atoms with E-state index in [0.717, 1.165) is 5.69 Å². The van der Waals surface area contributed by atoms with Crippen LogP contribution >= 0.6 is 0 Å². The van der Waals surface area contributed by atoms with Gasteiger partial charge < -0.3 is 4.74 Å². The molecule has 0 radical (unpaired) electrons. The minimum Gasteiger partial charge on any atom is -0.455 e. The summed E-state index contributed by atoms with van der Waals surface area (Å²) in [6.45, 7) is 11.4. The fourth-order valence-electron chi connectivity index (χ4n) is 2.60. The standard InChI is InChI=1S/C17H20N6O3S/c1-4-15-17(26-14-9-12(11-18)8-13(10-14)20-3)16(5-2)23(22-15)7-6-21-27(19,24)25/h8-10,21H,4-7H2,1-2H3,(H2,19,24,25). The number of nitrogens with zero attached hydrogens (tertiary/aromatic N) is 4. The van der Waals surface area contributed by atoms with Crippen molar-refractivity contribution in [2.24, 2.45) is 5.14 Å². The minimum atomic E-state index is -3.77. The molecule has 0 spiro atoms. The van der Waals surface area contributed by atoms with Crippen molar-refractivity contribution in [2.45, 2.75) is 33.2 Å². The van der Waals surface area contributed by atoms with Gasteiger partial charge in [0.25, 0.3) is 10.2 Å². The molecule has 0 amide bonds. The molecule has 10 heteroatoms. The van der Waals surface area contributed by atoms with Crippen LogP contribution in [0.15, 0.2) is 18.2 Å². The summed E-state index contributed by atoms with van der Waals surface area (Å²) < 4.78 is 32.0. The quantitative estimate of drug-likeness (QED) is 0.669. The molecule has 0 fully saturated rings. The van der Waals surface area contributed by atoms with Crippen molar-refractivity contribution in [1.29, 1.82) is 5.26 Å². The van der Waals surface area contributed by atoms with E-state index in [-0.39, 0.29) is 6.54 Å². The summed E-state index contributed by atoms with van der Waals surface area (Å²) in [6, 6.07) is 6.63. The average molecular weight is 388 g/mol. The third-order valence-electron chi connectivity index (χ3n) is 3.74. The van der Waals surface area contributed by atoms with Crippen molar-refractivity contribution in [1.82, 2.24) is 14.5 Å². The highest BCUT2D eigenvalue weighted by Gasteiger charge is 2.18. The summed E-state index contributed by atoms with van der Waals surface area (Å²) in [5, 5.41) is 18.6. The topological polar surface area (TPSA) is 127 Å². The van der Waals surface area contributed by atoms with Gasteiger partial charge in [-0.1, -0.05) is 13.8 Å². The lowest BCUT2D eigenvalue weighted by molar-refractivity contribution is 0.467. The minimum absolute atomic E-state index is 0.0991. The summed E-state index contributed by atoms with van der Waals surface area (Å²) in [5.41, 5.74) is 2.13. The monoisotopic (exact) mass is 388 g/mol. The Kier molecular flexibility index (Phi) is 6.53. The zero-order chi connectivity index (χ0) is 20.0. The van der Waals surface area contributed by atoms with Gasteiger partial charge in [0, 0.05) is 12.1 Å². The van der Waals surface area contributed by atoms with Crippen LogP contribution in [-0.2, 0) is 29.6 Å². The number of ether oxygens (including phenoxy) is 1. The number of nitrogens with two attached hydrogens (primary N) is 1. The highest BCUT2D eigenvalue weighted by Crippen LogP contribution is 2.33. The molecule has 0 saturated carbocycles. The molecule has 0 atom stereocenters. The second-order valence-corrected chi connectivity index (χ2v) is 7.01. The summed E-state index contributed by atoms with van der Waals surface area (Å²) in [6.07, 6.45) is 1.21. The van der Waals surface area contributed by atoms with E-state index in [1.807, 2.05) is 19.9 Å². The van der Waals surface area contributed by atoms with E-state index in [9.17, 15) is 8.42 Å². The van der Waals surface area contributed by atoms with Crippen molar-refractivity contribution < 1.29 is 13.2 Å². The molecule has 3 N–H and O–H groups in total. The Morgan fingerprint density at radius 2 is 2.11 bits per heavy atom. The van der Waals surface area contributed by atoms with Crippen LogP contribution in [0.1, 0.15) is 30.8 Å². The molecule has 0 unspecified atom stereocenters. The zero-order valence-electron chi connectivity index (χ0n) is 15.1. The van der Waals surface area contributed by atoms with Crippen LogP contribution in [0.5, 0.6) is 11.5 Å². The van der Waals surface area contributed by atoms with Gasteiger partial charge in [-0.3, -0.25) is 4.68 Å². The lowest BCUT2D eigenvalue weighted by Crippen LogP contribution is -2.33. The van der Waals surface area contributed by atoms with Crippen LogP contribution in [0.4, 0.5) is 5.69 Å². The number of rotatable bonds is 8. The molecule has 1 aromatic heterocycles. The van der Waals surface area contributed by atoms with Crippen molar-refractivity contribution in [2.75, 3.05) is 6.54 Å². The second-order valence-electron chi connectivity index (χ2n) is 5.63. The molecule has 0 saturated heterocycles. The summed E-state index contributed by atoms with van der Waals surface area (Å²) in [4.78, 5) is 3.36. The number of nitrogens with one attached hydrogen (secondary N) is 1. The molecule has 142 valence electrons. The van der Waals surface area contributed by atoms with Gasteiger partial charge in [0.15, 0.2) is 11.4 Å². The first-order valence-corrected chi connectivity index (χ1v) is 9.82. The molecule has 0 aliphatic carbocycles. The maximum Gasteiger partial charge on any atom is 0.274 e. The first kappa shape index (κ1) is 20.4. The second kappa shape index (κ2) is 8.64. The van der Waals surface area contributed by atoms with Crippen molar-refractivity contribution in [3.8, 4) is 17.6 Å². The van der Waals surface area contributed by atoms with Crippen LogP contribution in [0.3, 0.4) is 0 Å². The van der Waals surface area contributed by atoms with Gasteiger partial charge in [-0.2, -0.15) is 18.8 Å². The van der Waals surface area contributed by atoms with E-state index in [1.54, 1.807) is 16.8 Å². The predicted octanol–water partition coefficient (Wildman–Crippen LogP) is 2.02. The zero-order valence-corrected chi connectivity index (χ0v) is 15.9. The Balaban J connectivity index is 2.36. The third-order valence-corrected chi connectivity index (χ3v) is 4.35. The van der Waals surface area contributed by atoms with E-state index < -0.39 is 10.2 Å². The fourth-order valence-corrected chi connectivity index (χ4v) is 2.97. The molecule has 27 heavy (non-hydrogen) atoms. The summed E-state index contributed by atoms with van der Waals surface area (Å²) >= 11 is 0. The average Bonchev–Trinajstić information content (AvgIpc) is 2.96. The molecule has 0 bridgehead atoms. The molecule has 0 aliphatic heterocycles. The fraction of sp³-hybridized carbons (Fsp3) is 0.353. The Bertz CT molecular complexity index is 982. The lowest BCUT2D eigenvalue weighted by atomic mass is 10.2. The number of hydrogen-bond acceptors (Lipinski definition) is 5. The number of nitriles is 1. The van der Waals surface area contributed by atoms with E-state index in [1.165, 1.54) is 6.07 Å². The molecular weight excluding hydrogens is 368 g/mol. The predicted molar refractivity (Wildman–Crippen MR) is 99.6 cm³/mol. The third kappa shape index (κ3) is 5.28. The van der Waals surface area contributed by atoms with Gasteiger partial charge in [-0.05, 0) is 31.0 Å². The number of aryl methyl sites for hydroxylation is 1. The maximum absolute atomic E-state index is 11.0. The summed E-state index contributed by atoms with van der Waals surface area (Å²) in [5.74, 6) is 0.938. The molecule has 1 heterocycles. The number of benzene rings is 1. The van der Waals surface area contributed by atoms with Crippen molar-refractivity contribution in [3.63, 3.8) is 0 Å². The first-order valence-electron chi connectivity index (χ1n) is 8.27. The van der Waals surface area contributed by atoms with E-state index in [2.05, 4.69) is 14.7 Å². The Morgan fingerprint density at radius 3 is 2.67 bits per heavy atom. The van der Waals surface area contributed by atoms with Crippen molar-refractivity contribution in [3.05, 3.63) is 46.6 Å². The molecular formula is C17H20N6O3S. The van der Waals surface area contributed by atoms with Gasteiger partial charge in [-0.25, -0.2) is 14.7 Å². The Hall–Kier alpha value is -2.92. The number of aromatic nitrogens is 2. The maximum atomic E-state index is 11.0. The molecule has 0 aliphatic rings. The van der Waals surface area contributed by atoms with Crippen LogP contribution in [-0.4, -0.2) is 24.7 Å². The lowest BCUT2D eigenvalue weighted by Gasteiger charge is -2.10. The van der Waals surface area contributed by atoms with Crippen LogP contribution in [0.2, 0.25) is 0 Å². The van der Waals surface area contributed by atoms with Gasteiger partial charge in [-0.15, -0.1) is 0 Å². The van der Waals surface area contributed by atoms with Gasteiger partial charge >= 0.3 is 0 Å². The van der Waals surface area contributed by atoms with Crippen LogP contribution < -0.4 is 14.6 Å². The highest BCUT2D eigenvalue weighted by molar-refractivity contribution is 7.87. The number of hydrogen-bond donors (Lipinski definition) is 2. The van der Waals surface area contributed by atoms with Crippen LogP contribution in [0.25, 0.3) is 4.85 Å². The van der Waals surface area contributed by atoms with Gasteiger partial charge in [0.1, 0.15) is 11.4 Å². The first-order chi connectivity index (χ1) is 12.8. The smallest absolute Gasteiger partial charge is 0.274 e. The summed E-state index contributed by atoms with van der Waals surface area (Å²) in [7, 11) is -3.77. The van der Waals surface area contributed by atoms with Crippen molar-refractivity contribution >= 4 is 15.9 Å². The highest BCUT2D eigenvalue weighted by atomic mass is 32.2.